The van der Waals surface area contributed by atoms with Gasteiger partial charge >= 0.3 is 0 Å². The summed E-state index contributed by atoms with van der Waals surface area (Å²) in [4.78, 5) is 15.7. The summed E-state index contributed by atoms with van der Waals surface area (Å²) < 4.78 is 5.79. The van der Waals surface area contributed by atoms with Crippen LogP contribution < -0.4 is 10.1 Å². The van der Waals surface area contributed by atoms with Crippen LogP contribution in [0.25, 0.3) is 0 Å². The molecule has 0 fully saturated rings. The van der Waals surface area contributed by atoms with Crippen LogP contribution in [0, 0.1) is 13.8 Å². The predicted molar refractivity (Wildman–Crippen MR) is 87.4 cm³/mol. The lowest BCUT2D eigenvalue weighted by atomic mass is 10.1. The molecule has 1 N–H and O–H groups in total. The smallest absolute Gasteiger partial charge is 0.238 e. The van der Waals surface area contributed by atoms with Gasteiger partial charge in [-0.2, -0.15) is 0 Å². The van der Waals surface area contributed by atoms with Gasteiger partial charge in [0.15, 0.2) is 0 Å². The number of hydrogen-bond acceptors (Lipinski definition) is 3. The maximum Gasteiger partial charge on any atom is 0.238 e. The van der Waals surface area contributed by atoms with Crippen molar-refractivity contribution in [2.75, 3.05) is 0 Å². The van der Waals surface area contributed by atoms with Crippen LogP contribution in [-0.2, 0) is 11.3 Å². The van der Waals surface area contributed by atoms with E-state index in [-0.39, 0.29) is 5.91 Å². The SMILES string of the molecule is Cc1ccc(C)c(Oc2ccc(CNC(=O)C(C)Cl)cn2)c1. The first-order chi connectivity index (χ1) is 10.5. The van der Waals surface area contributed by atoms with Crippen molar-refractivity contribution in [3.8, 4) is 11.6 Å². The standard InChI is InChI=1S/C17H19ClN2O2/c1-11-4-5-12(2)15(8-11)22-16-7-6-14(9-19-16)10-20-17(21)13(3)18/h4-9,13H,10H2,1-3H3,(H,20,21). The minimum Gasteiger partial charge on any atom is -0.439 e. The number of ether oxygens (including phenoxy) is 1. The number of rotatable bonds is 5. The molecule has 116 valence electrons. The summed E-state index contributed by atoms with van der Waals surface area (Å²) in [6.45, 7) is 6.04. The van der Waals surface area contributed by atoms with Crippen LogP contribution in [-0.4, -0.2) is 16.3 Å². The molecule has 1 unspecified atom stereocenters. The fraction of sp³-hybridized carbons (Fsp3) is 0.294. The van der Waals surface area contributed by atoms with Gasteiger partial charge in [0.2, 0.25) is 11.8 Å². The van der Waals surface area contributed by atoms with Crippen LogP contribution in [0.1, 0.15) is 23.6 Å². The fourth-order valence-electron chi connectivity index (χ4n) is 1.84. The highest BCUT2D eigenvalue weighted by atomic mass is 35.5. The highest BCUT2D eigenvalue weighted by Crippen LogP contribution is 2.24. The Bertz CT molecular complexity index is 654. The van der Waals surface area contributed by atoms with E-state index in [0.717, 1.165) is 22.4 Å². The Balaban J connectivity index is 2.00. The minimum atomic E-state index is -0.542. The minimum absolute atomic E-state index is 0.197. The number of nitrogens with one attached hydrogen (secondary N) is 1. The van der Waals surface area contributed by atoms with E-state index in [9.17, 15) is 4.79 Å². The lowest BCUT2D eigenvalue weighted by molar-refractivity contribution is -0.120. The van der Waals surface area contributed by atoms with Gasteiger partial charge in [-0.1, -0.05) is 18.2 Å². The van der Waals surface area contributed by atoms with E-state index in [4.69, 9.17) is 16.3 Å². The highest BCUT2D eigenvalue weighted by Gasteiger charge is 2.08. The molecule has 0 saturated carbocycles. The predicted octanol–water partition coefficient (Wildman–Crippen LogP) is 3.73. The quantitative estimate of drug-likeness (QED) is 0.854. The number of hydrogen-bond donors (Lipinski definition) is 1. The lowest BCUT2D eigenvalue weighted by Crippen LogP contribution is -2.29. The molecule has 1 aromatic carbocycles. The molecule has 0 bridgehead atoms. The Morgan fingerprint density at radius 3 is 2.73 bits per heavy atom. The molecule has 1 heterocycles. The van der Waals surface area contributed by atoms with Crippen molar-refractivity contribution in [2.24, 2.45) is 0 Å². The van der Waals surface area contributed by atoms with Crippen molar-refractivity contribution in [1.82, 2.24) is 10.3 Å². The average molecular weight is 319 g/mol. The molecule has 5 heteroatoms. The van der Waals surface area contributed by atoms with Crippen LogP contribution in [0.5, 0.6) is 11.6 Å². The zero-order valence-corrected chi connectivity index (χ0v) is 13.6. The molecule has 0 aliphatic rings. The summed E-state index contributed by atoms with van der Waals surface area (Å²) in [6.07, 6.45) is 1.68. The van der Waals surface area contributed by atoms with Gasteiger partial charge in [0.1, 0.15) is 11.1 Å². The number of carbonyl (C=O) groups is 1. The Labute approximate surface area is 135 Å². The Kier molecular flexibility index (Phi) is 5.39. The first-order valence-electron chi connectivity index (χ1n) is 7.07. The molecule has 1 amide bonds. The van der Waals surface area contributed by atoms with E-state index < -0.39 is 5.38 Å². The molecular weight excluding hydrogens is 300 g/mol. The van der Waals surface area contributed by atoms with Gasteiger partial charge in [-0.15, -0.1) is 11.6 Å². The number of aryl methyl sites for hydroxylation is 2. The normalized spacial score (nSPS) is 11.8. The maximum absolute atomic E-state index is 11.4. The number of halogens is 1. The van der Waals surface area contributed by atoms with E-state index in [0.29, 0.717) is 12.4 Å². The monoisotopic (exact) mass is 318 g/mol. The van der Waals surface area contributed by atoms with Gasteiger partial charge in [0.25, 0.3) is 0 Å². The number of aromatic nitrogens is 1. The van der Waals surface area contributed by atoms with Crippen molar-refractivity contribution in [3.05, 3.63) is 53.2 Å². The number of carbonyl (C=O) groups excluding carboxylic acids is 1. The van der Waals surface area contributed by atoms with Gasteiger partial charge in [0.05, 0.1) is 0 Å². The van der Waals surface area contributed by atoms with Gasteiger partial charge in [-0.05, 0) is 43.5 Å². The Morgan fingerprint density at radius 1 is 1.32 bits per heavy atom. The Morgan fingerprint density at radius 2 is 2.09 bits per heavy atom. The number of nitrogens with zero attached hydrogens (tertiary/aromatic N) is 1. The molecular formula is C17H19ClN2O2. The second-order valence-corrected chi connectivity index (χ2v) is 5.86. The third kappa shape index (κ3) is 4.46. The topological polar surface area (TPSA) is 51.2 Å². The summed E-state index contributed by atoms with van der Waals surface area (Å²) in [6, 6.07) is 9.69. The van der Waals surface area contributed by atoms with Crippen molar-refractivity contribution >= 4 is 17.5 Å². The molecule has 22 heavy (non-hydrogen) atoms. The van der Waals surface area contributed by atoms with Crippen molar-refractivity contribution in [3.63, 3.8) is 0 Å². The molecule has 1 atom stereocenters. The molecule has 0 radical (unpaired) electrons. The second kappa shape index (κ2) is 7.27. The summed E-state index contributed by atoms with van der Waals surface area (Å²) in [5.41, 5.74) is 3.08. The number of pyridine rings is 1. The lowest BCUT2D eigenvalue weighted by Gasteiger charge is -2.10. The van der Waals surface area contributed by atoms with Gasteiger partial charge in [-0.25, -0.2) is 4.98 Å². The van der Waals surface area contributed by atoms with Gasteiger partial charge < -0.3 is 10.1 Å². The van der Waals surface area contributed by atoms with Crippen LogP contribution in [0.15, 0.2) is 36.5 Å². The molecule has 0 aliphatic carbocycles. The highest BCUT2D eigenvalue weighted by molar-refractivity contribution is 6.30. The fourth-order valence-corrected chi connectivity index (χ4v) is 1.91. The van der Waals surface area contributed by atoms with Crippen molar-refractivity contribution in [2.45, 2.75) is 32.7 Å². The van der Waals surface area contributed by atoms with E-state index >= 15 is 0 Å². The van der Waals surface area contributed by atoms with Crippen LogP contribution in [0.3, 0.4) is 0 Å². The zero-order valence-electron chi connectivity index (χ0n) is 12.9. The average Bonchev–Trinajstić information content (AvgIpc) is 2.49. The molecule has 0 aliphatic heterocycles. The van der Waals surface area contributed by atoms with E-state index in [1.807, 2.05) is 38.1 Å². The van der Waals surface area contributed by atoms with Crippen LogP contribution in [0.4, 0.5) is 0 Å². The summed E-state index contributed by atoms with van der Waals surface area (Å²) >= 11 is 5.69. The number of alkyl halides is 1. The van der Waals surface area contributed by atoms with Crippen molar-refractivity contribution in [1.29, 1.82) is 0 Å². The first kappa shape index (κ1) is 16.3. The largest absolute Gasteiger partial charge is 0.439 e. The number of benzene rings is 1. The summed E-state index contributed by atoms with van der Waals surface area (Å²) in [7, 11) is 0. The molecule has 4 nitrogen and oxygen atoms in total. The second-order valence-electron chi connectivity index (χ2n) is 5.21. The molecule has 0 saturated heterocycles. The molecule has 2 rings (SSSR count). The number of amides is 1. The zero-order chi connectivity index (χ0) is 16.1. The third-order valence-corrected chi connectivity index (χ3v) is 3.38. The molecule has 2 aromatic rings. The van der Waals surface area contributed by atoms with Crippen LogP contribution in [0.2, 0.25) is 0 Å². The first-order valence-corrected chi connectivity index (χ1v) is 7.51. The van der Waals surface area contributed by atoms with Gasteiger partial charge in [-0.3, -0.25) is 4.79 Å². The Hall–Kier alpha value is -2.07. The van der Waals surface area contributed by atoms with Gasteiger partial charge in [0, 0.05) is 18.8 Å². The maximum atomic E-state index is 11.4. The molecule has 0 spiro atoms. The van der Waals surface area contributed by atoms with Crippen LogP contribution >= 0.6 is 11.6 Å². The van der Waals surface area contributed by atoms with E-state index in [2.05, 4.69) is 10.3 Å². The van der Waals surface area contributed by atoms with Crippen molar-refractivity contribution < 1.29 is 9.53 Å². The van der Waals surface area contributed by atoms with E-state index in [1.54, 1.807) is 19.2 Å². The third-order valence-electron chi connectivity index (χ3n) is 3.18. The summed E-state index contributed by atoms with van der Waals surface area (Å²) in [5, 5.41) is 2.19. The molecule has 1 aromatic heterocycles. The van der Waals surface area contributed by atoms with E-state index in [1.165, 1.54) is 0 Å². The summed E-state index contributed by atoms with van der Waals surface area (Å²) in [5.74, 6) is 1.12.